The van der Waals surface area contributed by atoms with E-state index in [-0.39, 0.29) is 16.5 Å². The number of aromatic carboxylic acids is 1. The minimum Gasteiger partial charge on any atom is -0.487 e. The lowest BCUT2D eigenvalue weighted by Gasteiger charge is -2.06. The first-order valence-corrected chi connectivity index (χ1v) is 6.20. The molecular weight excluding hydrogens is 279 g/mol. The van der Waals surface area contributed by atoms with Gasteiger partial charge in [0.05, 0.1) is 5.02 Å². The molecule has 1 N–H and O–H groups in total. The molecule has 0 bridgehead atoms. The van der Waals surface area contributed by atoms with E-state index in [4.69, 9.17) is 21.4 Å². The highest BCUT2D eigenvalue weighted by molar-refractivity contribution is 7.12. The molecule has 0 aliphatic carbocycles. The predicted octanol–water partition coefficient (Wildman–Crippen LogP) is 3.82. The second kappa shape index (κ2) is 5.37. The number of carboxylic acids is 1. The van der Waals surface area contributed by atoms with E-state index in [0.29, 0.717) is 5.75 Å². The minimum atomic E-state index is -0.967. The van der Waals surface area contributed by atoms with Gasteiger partial charge in [0.1, 0.15) is 23.1 Å². The van der Waals surface area contributed by atoms with Crippen LogP contribution in [0.2, 0.25) is 5.02 Å². The van der Waals surface area contributed by atoms with Crippen molar-refractivity contribution in [1.82, 2.24) is 0 Å². The molecule has 0 saturated carbocycles. The number of carboxylic acid groups (broad SMARTS) is 1. The van der Waals surface area contributed by atoms with E-state index in [1.165, 1.54) is 18.2 Å². The number of benzene rings is 1. The van der Waals surface area contributed by atoms with Crippen molar-refractivity contribution >= 4 is 28.9 Å². The number of halogens is 2. The van der Waals surface area contributed by atoms with Gasteiger partial charge < -0.3 is 9.84 Å². The van der Waals surface area contributed by atoms with E-state index in [1.54, 1.807) is 5.38 Å². The summed E-state index contributed by atoms with van der Waals surface area (Å²) in [6.45, 7) is 0.190. The quantitative estimate of drug-likeness (QED) is 0.929. The molecule has 18 heavy (non-hydrogen) atoms. The van der Waals surface area contributed by atoms with Crippen LogP contribution >= 0.6 is 22.9 Å². The molecule has 3 nitrogen and oxygen atoms in total. The smallest absolute Gasteiger partial charge is 0.345 e. The van der Waals surface area contributed by atoms with Crippen LogP contribution in [0.25, 0.3) is 0 Å². The van der Waals surface area contributed by atoms with Crippen LogP contribution in [0.5, 0.6) is 5.75 Å². The van der Waals surface area contributed by atoms with Crippen molar-refractivity contribution in [3.05, 3.63) is 50.9 Å². The summed E-state index contributed by atoms with van der Waals surface area (Å²) in [6, 6.07) is 5.37. The highest BCUT2D eigenvalue weighted by Gasteiger charge is 2.08. The number of hydrogen-bond acceptors (Lipinski definition) is 3. The average molecular weight is 287 g/mol. The van der Waals surface area contributed by atoms with Gasteiger partial charge in [0.25, 0.3) is 0 Å². The Labute approximate surface area is 111 Å². The van der Waals surface area contributed by atoms with Crippen molar-refractivity contribution in [3.8, 4) is 5.75 Å². The molecule has 2 rings (SSSR count). The summed E-state index contributed by atoms with van der Waals surface area (Å²) < 4.78 is 18.2. The van der Waals surface area contributed by atoms with Crippen molar-refractivity contribution in [3.63, 3.8) is 0 Å². The SMILES string of the molecule is O=C(O)c1cc(COc2ccc(F)cc2Cl)cs1. The number of carbonyl (C=O) groups is 1. The van der Waals surface area contributed by atoms with Crippen molar-refractivity contribution in [2.75, 3.05) is 0 Å². The fraction of sp³-hybridized carbons (Fsp3) is 0.0833. The van der Waals surface area contributed by atoms with Gasteiger partial charge in [-0.1, -0.05) is 11.6 Å². The van der Waals surface area contributed by atoms with Gasteiger partial charge in [-0.3, -0.25) is 0 Å². The molecule has 0 aliphatic heterocycles. The summed E-state index contributed by atoms with van der Waals surface area (Å²) in [5, 5.41) is 10.6. The molecule has 0 saturated heterocycles. The molecule has 0 aliphatic rings. The number of ether oxygens (including phenoxy) is 1. The molecule has 0 fully saturated rings. The molecule has 1 aromatic carbocycles. The van der Waals surface area contributed by atoms with Crippen LogP contribution in [0.3, 0.4) is 0 Å². The number of thiophene rings is 1. The van der Waals surface area contributed by atoms with Crippen molar-refractivity contribution < 1.29 is 19.0 Å². The van der Waals surface area contributed by atoms with Gasteiger partial charge >= 0.3 is 5.97 Å². The Bertz CT molecular complexity index is 582. The molecular formula is C12H8ClFO3S. The van der Waals surface area contributed by atoms with Gasteiger partial charge in [0.2, 0.25) is 0 Å². The van der Waals surface area contributed by atoms with Crippen molar-refractivity contribution in [2.45, 2.75) is 6.61 Å². The van der Waals surface area contributed by atoms with Crippen molar-refractivity contribution in [2.24, 2.45) is 0 Å². The van der Waals surface area contributed by atoms with Crippen LogP contribution in [-0.4, -0.2) is 11.1 Å². The maximum Gasteiger partial charge on any atom is 0.345 e. The maximum atomic E-state index is 12.8. The summed E-state index contributed by atoms with van der Waals surface area (Å²) in [4.78, 5) is 10.9. The first-order chi connectivity index (χ1) is 8.56. The summed E-state index contributed by atoms with van der Waals surface area (Å²) in [7, 11) is 0. The van der Waals surface area contributed by atoms with Crippen LogP contribution in [0.1, 0.15) is 15.2 Å². The van der Waals surface area contributed by atoms with Gasteiger partial charge in [0.15, 0.2) is 0 Å². The Morgan fingerprint density at radius 3 is 2.83 bits per heavy atom. The summed E-state index contributed by atoms with van der Waals surface area (Å²) in [6.07, 6.45) is 0. The first kappa shape index (κ1) is 12.9. The highest BCUT2D eigenvalue weighted by atomic mass is 35.5. The molecule has 2 aromatic rings. The lowest BCUT2D eigenvalue weighted by molar-refractivity contribution is 0.0702. The predicted molar refractivity (Wildman–Crippen MR) is 67.0 cm³/mol. The number of hydrogen-bond donors (Lipinski definition) is 1. The molecule has 6 heteroatoms. The normalized spacial score (nSPS) is 10.3. The lowest BCUT2D eigenvalue weighted by atomic mass is 10.3. The largest absolute Gasteiger partial charge is 0.487 e. The zero-order valence-corrected chi connectivity index (χ0v) is 10.6. The Kier molecular flexibility index (Phi) is 3.84. The third-order valence-electron chi connectivity index (χ3n) is 2.15. The van der Waals surface area contributed by atoms with E-state index in [9.17, 15) is 9.18 Å². The van der Waals surface area contributed by atoms with E-state index in [0.717, 1.165) is 23.0 Å². The molecule has 0 amide bonds. The topological polar surface area (TPSA) is 46.5 Å². The third kappa shape index (κ3) is 3.00. The van der Waals surface area contributed by atoms with Gasteiger partial charge in [-0.05, 0) is 29.6 Å². The standard InChI is InChI=1S/C12H8ClFO3S/c13-9-4-8(14)1-2-10(9)17-5-7-3-11(12(15)16)18-6-7/h1-4,6H,5H2,(H,15,16). The Morgan fingerprint density at radius 1 is 1.44 bits per heavy atom. The molecule has 0 radical (unpaired) electrons. The van der Waals surface area contributed by atoms with E-state index < -0.39 is 11.8 Å². The lowest BCUT2D eigenvalue weighted by Crippen LogP contribution is -1.95. The van der Waals surface area contributed by atoms with Crippen LogP contribution < -0.4 is 4.74 Å². The molecule has 1 aromatic heterocycles. The molecule has 0 atom stereocenters. The van der Waals surface area contributed by atoms with Crippen LogP contribution in [0.15, 0.2) is 29.6 Å². The first-order valence-electron chi connectivity index (χ1n) is 4.95. The van der Waals surface area contributed by atoms with E-state index in [1.807, 2.05) is 0 Å². The highest BCUT2D eigenvalue weighted by Crippen LogP contribution is 2.26. The van der Waals surface area contributed by atoms with E-state index in [2.05, 4.69) is 0 Å². The van der Waals surface area contributed by atoms with Crippen molar-refractivity contribution in [1.29, 1.82) is 0 Å². The number of rotatable bonds is 4. The molecule has 94 valence electrons. The molecule has 1 heterocycles. The summed E-state index contributed by atoms with van der Waals surface area (Å²) in [5.41, 5.74) is 0.734. The van der Waals surface area contributed by atoms with E-state index >= 15 is 0 Å². The van der Waals surface area contributed by atoms with Gasteiger partial charge in [0, 0.05) is 5.56 Å². The summed E-state index contributed by atoms with van der Waals surface area (Å²) >= 11 is 6.92. The zero-order valence-electron chi connectivity index (χ0n) is 9.02. The minimum absolute atomic E-state index is 0.184. The Balaban J connectivity index is 2.04. The van der Waals surface area contributed by atoms with Gasteiger partial charge in [-0.15, -0.1) is 11.3 Å². The third-order valence-corrected chi connectivity index (χ3v) is 3.42. The fourth-order valence-electron chi connectivity index (χ4n) is 1.32. The Hall–Kier alpha value is -1.59. The second-order valence-electron chi connectivity index (χ2n) is 3.49. The fourth-order valence-corrected chi connectivity index (χ4v) is 2.27. The zero-order chi connectivity index (χ0) is 13.1. The van der Waals surface area contributed by atoms with Crippen LogP contribution in [0, 0.1) is 5.82 Å². The average Bonchev–Trinajstić information content (AvgIpc) is 2.76. The van der Waals surface area contributed by atoms with Gasteiger partial charge in [-0.2, -0.15) is 0 Å². The Morgan fingerprint density at radius 2 is 2.22 bits per heavy atom. The van der Waals surface area contributed by atoms with Crippen LogP contribution in [0.4, 0.5) is 4.39 Å². The second-order valence-corrected chi connectivity index (χ2v) is 4.81. The molecule has 0 spiro atoms. The maximum absolute atomic E-state index is 12.8. The molecule has 0 unspecified atom stereocenters. The van der Waals surface area contributed by atoms with Crippen LogP contribution in [-0.2, 0) is 6.61 Å². The summed E-state index contributed by atoms with van der Waals surface area (Å²) in [5.74, 6) is -1.04. The van der Waals surface area contributed by atoms with Gasteiger partial charge in [-0.25, -0.2) is 9.18 Å². The monoisotopic (exact) mass is 286 g/mol.